The second-order valence-corrected chi connectivity index (χ2v) is 7.28. The summed E-state index contributed by atoms with van der Waals surface area (Å²) in [5.41, 5.74) is 5.64. The van der Waals surface area contributed by atoms with Crippen LogP contribution in [0.1, 0.15) is 16.7 Å². The zero-order valence-corrected chi connectivity index (χ0v) is 14.2. The molecule has 21 heavy (non-hydrogen) atoms. The van der Waals surface area contributed by atoms with Crippen molar-refractivity contribution in [1.29, 1.82) is 0 Å². The zero-order valence-electron chi connectivity index (χ0n) is 11.8. The van der Waals surface area contributed by atoms with Crippen molar-refractivity contribution < 1.29 is 4.79 Å². The van der Waals surface area contributed by atoms with Crippen LogP contribution in [0, 0.1) is 0 Å². The Morgan fingerprint density at radius 2 is 1.86 bits per heavy atom. The summed E-state index contributed by atoms with van der Waals surface area (Å²) in [4.78, 5) is 13.5. The summed E-state index contributed by atoms with van der Waals surface area (Å²) < 4.78 is 1.16. The highest BCUT2D eigenvalue weighted by molar-refractivity contribution is 9.11. The molecule has 3 N–H and O–H groups in total. The van der Waals surface area contributed by atoms with Crippen LogP contribution in [0.3, 0.4) is 0 Å². The molecule has 0 fully saturated rings. The molecule has 1 aromatic heterocycles. The molecule has 1 heterocycles. The van der Waals surface area contributed by atoms with Gasteiger partial charge >= 0.3 is 0 Å². The summed E-state index contributed by atoms with van der Waals surface area (Å²) in [6.07, 6.45) is 0.315. The van der Waals surface area contributed by atoms with Crippen molar-refractivity contribution in [3.05, 3.63) is 56.2 Å². The Morgan fingerprint density at radius 3 is 2.43 bits per heavy atom. The molecule has 0 aliphatic heterocycles. The van der Waals surface area contributed by atoms with E-state index in [4.69, 9.17) is 5.84 Å². The average Bonchev–Trinajstić information content (AvgIpc) is 2.86. The van der Waals surface area contributed by atoms with Gasteiger partial charge in [-0.2, -0.15) is 0 Å². The number of nitrogens with two attached hydrogens (primary N) is 1. The molecule has 1 amide bonds. The molecule has 0 spiro atoms. The minimum atomic E-state index is -0.178. The Bertz CT molecular complexity index is 597. The van der Waals surface area contributed by atoms with Crippen molar-refractivity contribution in [3.8, 4) is 0 Å². The van der Waals surface area contributed by atoms with Crippen molar-refractivity contribution in [3.63, 3.8) is 0 Å². The smallest absolute Gasteiger partial charge is 0.238 e. The number of benzene rings is 1. The van der Waals surface area contributed by atoms with Crippen LogP contribution in [0.2, 0.25) is 0 Å². The first-order valence-corrected chi connectivity index (χ1v) is 8.23. The molecule has 2 aromatic rings. The number of thiophene rings is 1. The van der Waals surface area contributed by atoms with Gasteiger partial charge in [-0.1, -0.05) is 24.3 Å². The summed E-state index contributed by atoms with van der Waals surface area (Å²) >= 11 is 5.19. The minimum absolute atomic E-state index is 0.178. The lowest BCUT2D eigenvalue weighted by Crippen LogP contribution is -2.31. The number of halogens is 1. The van der Waals surface area contributed by atoms with E-state index in [0.717, 1.165) is 22.4 Å². The first kappa shape index (κ1) is 16.2. The number of amides is 1. The topological polar surface area (TPSA) is 58.4 Å². The Kier molecular flexibility index (Phi) is 5.93. The number of carbonyl (C=O) groups excluding carboxylic acids is 1. The fourth-order valence-corrected chi connectivity index (χ4v) is 3.31. The maximum absolute atomic E-state index is 11.2. The SMILES string of the molecule is CN(Cc1ccc(CC(=O)NN)cc1)Cc1csc(Br)c1. The summed E-state index contributed by atoms with van der Waals surface area (Å²) in [5.74, 6) is 4.90. The third-order valence-corrected chi connectivity index (χ3v) is 4.63. The molecule has 0 bridgehead atoms. The Labute approximate surface area is 137 Å². The fraction of sp³-hybridized carbons (Fsp3) is 0.267. The first-order chi connectivity index (χ1) is 10.1. The van der Waals surface area contributed by atoms with Gasteiger partial charge in [0, 0.05) is 13.1 Å². The molecule has 0 aliphatic rings. The van der Waals surface area contributed by atoms with E-state index in [1.807, 2.05) is 12.1 Å². The van der Waals surface area contributed by atoms with Gasteiger partial charge in [-0.25, -0.2) is 5.84 Å². The summed E-state index contributed by atoms with van der Waals surface area (Å²) in [7, 11) is 2.10. The molecule has 0 aliphatic carbocycles. The molecule has 0 saturated carbocycles. The number of hydrogen-bond donors (Lipinski definition) is 2. The van der Waals surface area contributed by atoms with Gasteiger partial charge in [0.1, 0.15) is 0 Å². The van der Waals surface area contributed by atoms with Crippen LogP contribution < -0.4 is 11.3 Å². The Balaban J connectivity index is 1.89. The second-order valence-electron chi connectivity index (χ2n) is 4.99. The third kappa shape index (κ3) is 5.24. The van der Waals surface area contributed by atoms with E-state index in [0.29, 0.717) is 6.42 Å². The van der Waals surface area contributed by atoms with Gasteiger partial charge in [0.2, 0.25) is 5.91 Å². The van der Waals surface area contributed by atoms with Crippen LogP contribution in [0.4, 0.5) is 0 Å². The molecule has 112 valence electrons. The predicted molar refractivity (Wildman–Crippen MR) is 89.7 cm³/mol. The molecular formula is C15H18BrN3OS. The third-order valence-electron chi connectivity index (χ3n) is 3.08. The number of hydrazine groups is 1. The zero-order chi connectivity index (χ0) is 15.2. The van der Waals surface area contributed by atoms with Crippen molar-refractivity contribution >= 4 is 33.2 Å². The van der Waals surface area contributed by atoms with Crippen molar-refractivity contribution in [2.75, 3.05) is 7.05 Å². The standard InChI is InChI=1S/C15H18BrN3OS/c1-19(9-13-6-14(16)21-10-13)8-12-4-2-11(3-5-12)7-15(20)18-17/h2-6,10H,7-9,17H2,1H3,(H,18,20). The molecule has 0 unspecified atom stereocenters. The van der Waals surface area contributed by atoms with E-state index in [1.165, 1.54) is 11.1 Å². The van der Waals surface area contributed by atoms with Crippen molar-refractivity contribution in [2.24, 2.45) is 5.84 Å². The van der Waals surface area contributed by atoms with Crippen LogP contribution in [-0.2, 0) is 24.3 Å². The first-order valence-electron chi connectivity index (χ1n) is 6.55. The lowest BCUT2D eigenvalue weighted by Gasteiger charge is -2.16. The van der Waals surface area contributed by atoms with E-state index in [1.54, 1.807) is 11.3 Å². The maximum Gasteiger partial charge on any atom is 0.238 e. The molecule has 2 rings (SSSR count). The van der Waals surface area contributed by atoms with Crippen LogP contribution in [0.25, 0.3) is 0 Å². The van der Waals surface area contributed by atoms with Gasteiger partial charge in [0.05, 0.1) is 10.2 Å². The Hall–Kier alpha value is -1.21. The largest absolute Gasteiger partial charge is 0.298 e. The summed E-state index contributed by atoms with van der Waals surface area (Å²) in [6, 6.07) is 10.2. The van der Waals surface area contributed by atoms with Crippen LogP contribution in [0.15, 0.2) is 39.5 Å². The van der Waals surface area contributed by atoms with E-state index in [9.17, 15) is 4.79 Å². The number of carbonyl (C=O) groups is 1. The van der Waals surface area contributed by atoms with Gasteiger partial charge in [0.15, 0.2) is 0 Å². The number of nitrogens with zero attached hydrogens (tertiary/aromatic N) is 1. The number of nitrogens with one attached hydrogen (secondary N) is 1. The molecule has 1 aromatic carbocycles. The number of rotatable bonds is 6. The molecule has 6 heteroatoms. The normalized spacial score (nSPS) is 10.9. The van der Waals surface area contributed by atoms with E-state index >= 15 is 0 Å². The molecule has 4 nitrogen and oxygen atoms in total. The summed E-state index contributed by atoms with van der Waals surface area (Å²) in [5, 5.41) is 2.16. The Morgan fingerprint density at radius 1 is 1.24 bits per heavy atom. The molecular weight excluding hydrogens is 350 g/mol. The number of hydrogen-bond acceptors (Lipinski definition) is 4. The van der Waals surface area contributed by atoms with Gasteiger partial charge in [0.25, 0.3) is 0 Å². The van der Waals surface area contributed by atoms with Crippen LogP contribution >= 0.6 is 27.3 Å². The molecule has 0 radical (unpaired) electrons. The molecule has 0 atom stereocenters. The minimum Gasteiger partial charge on any atom is -0.298 e. The lowest BCUT2D eigenvalue weighted by atomic mass is 10.1. The van der Waals surface area contributed by atoms with E-state index in [-0.39, 0.29) is 5.91 Å². The lowest BCUT2D eigenvalue weighted by molar-refractivity contribution is -0.120. The van der Waals surface area contributed by atoms with Gasteiger partial charge in [-0.15, -0.1) is 11.3 Å². The van der Waals surface area contributed by atoms with E-state index in [2.05, 4.69) is 56.9 Å². The maximum atomic E-state index is 11.2. The highest BCUT2D eigenvalue weighted by atomic mass is 79.9. The van der Waals surface area contributed by atoms with Gasteiger partial charge < -0.3 is 0 Å². The van der Waals surface area contributed by atoms with Crippen LogP contribution in [0.5, 0.6) is 0 Å². The van der Waals surface area contributed by atoms with E-state index < -0.39 is 0 Å². The predicted octanol–water partition coefficient (Wildman–Crippen LogP) is 2.68. The van der Waals surface area contributed by atoms with Gasteiger partial charge in [-0.3, -0.25) is 15.1 Å². The second kappa shape index (κ2) is 7.70. The van der Waals surface area contributed by atoms with Crippen molar-refractivity contribution in [2.45, 2.75) is 19.5 Å². The fourth-order valence-electron chi connectivity index (χ4n) is 2.11. The molecule has 0 saturated heterocycles. The quantitative estimate of drug-likeness (QED) is 0.468. The highest BCUT2D eigenvalue weighted by Crippen LogP contribution is 2.21. The monoisotopic (exact) mass is 367 g/mol. The van der Waals surface area contributed by atoms with Gasteiger partial charge in [-0.05, 0) is 51.1 Å². The summed E-state index contributed by atoms with van der Waals surface area (Å²) in [6.45, 7) is 1.79. The highest BCUT2D eigenvalue weighted by Gasteiger charge is 2.05. The van der Waals surface area contributed by atoms with Crippen LogP contribution in [-0.4, -0.2) is 17.9 Å². The average molecular weight is 368 g/mol. The van der Waals surface area contributed by atoms with Crippen molar-refractivity contribution in [1.82, 2.24) is 10.3 Å².